The number of rotatable bonds is 3. The number of pyridine rings is 1. The molecule has 0 N–H and O–H groups in total. The highest BCUT2D eigenvalue weighted by Crippen LogP contribution is 2.18. The van der Waals surface area contributed by atoms with Crippen molar-refractivity contribution in [3.05, 3.63) is 52.9 Å². The van der Waals surface area contributed by atoms with E-state index in [4.69, 9.17) is 0 Å². The second-order valence-electron chi connectivity index (χ2n) is 5.65. The van der Waals surface area contributed by atoms with Crippen molar-refractivity contribution in [2.75, 3.05) is 13.1 Å². The molecule has 110 valence electrons. The zero-order valence-electron chi connectivity index (χ0n) is 12.8. The minimum Gasteiger partial charge on any atom is -0.297 e. The first-order valence-corrected chi connectivity index (χ1v) is 7.72. The predicted octanol–water partition coefficient (Wildman–Crippen LogP) is 2.34. The Morgan fingerprint density at radius 3 is 2.81 bits per heavy atom. The summed E-state index contributed by atoms with van der Waals surface area (Å²) in [4.78, 5) is 16.0. The molecule has 2 aromatic heterocycles. The van der Waals surface area contributed by atoms with Crippen LogP contribution in [0.5, 0.6) is 0 Å². The van der Waals surface area contributed by atoms with Crippen molar-refractivity contribution < 1.29 is 0 Å². The molecule has 2 aromatic rings. The lowest BCUT2D eigenvalue weighted by Gasteiger charge is -2.19. The highest BCUT2D eigenvalue weighted by molar-refractivity contribution is 5.26. The van der Waals surface area contributed by atoms with E-state index in [1.807, 2.05) is 13.0 Å². The van der Waals surface area contributed by atoms with Crippen LogP contribution in [0.15, 0.2) is 24.5 Å². The van der Waals surface area contributed by atoms with Crippen molar-refractivity contribution >= 4 is 0 Å². The Bertz CT molecular complexity index is 624. The standard InChI is InChI=1S/C17H22N4/c1-3-16-15-7-9-21(10-8-17(15)19-12-18-16)11-14-6-4-5-13(2)20-14/h4-6,12H,3,7-11H2,1-2H3. The van der Waals surface area contributed by atoms with Crippen LogP contribution >= 0.6 is 0 Å². The molecule has 0 amide bonds. The average Bonchev–Trinajstić information content (AvgIpc) is 2.70. The number of hydrogen-bond acceptors (Lipinski definition) is 4. The topological polar surface area (TPSA) is 41.9 Å². The molecule has 0 radical (unpaired) electrons. The van der Waals surface area contributed by atoms with Gasteiger partial charge < -0.3 is 0 Å². The van der Waals surface area contributed by atoms with Gasteiger partial charge in [0.2, 0.25) is 0 Å². The Morgan fingerprint density at radius 2 is 2.00 bits per heavy atom. The number of fused-ring (bicyclic) bond motifs is 1. The van der Waals surface area contributed by atoms with Crippen LogP contribution in [0.25, 0.3) is 0 Å². The lowest BCUT2D eigenvalue weighted by atomic mass is 10.1. The molecule has 4 nitrogen and oxygen atoms in total. The van der Waals surface area contributed by atoms with E-state index in [0.29, 0.717) is 0 Å². The molecule has 0 saturated heterocycles. The van der Waals surface area contributed by atoms with E-state index >= 15 is 0 Å². The highest BCUT2D eigenvalue weighted by atomic mass is 15.1. The molecular weight excluding hydrogens is 260 g/mol. The van der Waals surface area contributed by atoms with Gasteiger partial charge in [-0.05, 0) is 37.5 Å². The smallest absolute Gasteiger partial charge is 0.115 e. The van der Waals surface area contributed by atoms with Crippen molar-refractivity contribution in [2.24, 2.45) is 0 Å². The van der Waals surface area contributed by atoms with Crippen LogP contribution in [0.3, 0.4) is 0 Å². The summed E-state index contributed by atoms with van der Waals surface area (Å²) in [5, 5.41) is 0. The summed E-state index contributed by atoms with van der Waals surface area (Å²) in [6, 6.07) is 6.25. The van der Waals surface area contributed by atoms with Crippen molar-refractivity contribution in [3.63, 3.8) is 0 Å². The Labute approximate surface area is 126 Å². The normalized spacial score (nSPS) is 15.5. The molecule has 0 aliphatic carbocycles. The van der Waals surface area contributed by atoms with Crippen LogP contribution in [0.2, 0.25) is 0 Å². The maximum Gasteiger partial charge on any atom is 0.115 e. The molecular formula is C17H22N4. The number of aryl methyl sites for hydroxylation is 2. The molecule has 1 aliphatic rings. The quantitative estimate of drug-likeness (QED) is 0.866. The zero-order chi connectivity index (χ0) is 14.7. The molecule has 0 aromatic carbocycles. The van der Waals surface area contributed by atoms with Crippen LogP contribution in [-0.2, 0) is 25.8 Å². The summed E-state index contributed by atoms with van der Waals surface area (Å²) >= 11 is 0. The van der Waals surface area contributed by atoms with Crippen LogP contribution in [-0.4, -0.2) is 32.9 Å². The fourth-order valence-electron chi connectivity index (χ4n) is 3.02. The Hall–Kier alpha value is -1.81. The molecule has 4 heteroatoms. The van der Waals surface area contributed by atoms with Crippen molar-refractivity contribution in [2.45, 2.75) is 39.7 Å². The third-order valence-electron chi connectivity index (χ3n) is 4.13. The van der Waals surface area contributed by atoms with Crippen molar-refractivity contribution in [1.82, 2.24) is 19.9 Å². The molecule has 3 heterocycles. The van der Waals surface area contributed by atoms with Crippen molar-refractivity contribution in [3.8, 4) is 0 Å². The summed E-state index contributed by atoms with van der Waals surface area (Å²) in [6.07, 6.45) is 4.77. The van der Waals surface area contributed by atoms with Gasteiger partial charge in [0.1, 0.15) is 6.33 Å². The summed E-state index contributed by atoms with van der Waals surface area (Å²) < 4.78 is 0. The molecule has 0 fully saturated rings. The second-order valence-corrected chi connectivity index (χ2v) is 5.65. The average molecular weight is 282 g/mol. The first-order valence-electron chi connectivity index (χ1n) is 7.72. The van der Waals surface area contributed by atoms with E-state index in [2.05, 4.69) is 38.9 Å². The van der Waals surface area contributed by atoms with Crippen LogP contribution in [0.4, 0.5) is 0 Å². The van der Waals surface area contributed by atoms with Gasteiger partial charge in [-0.1, -0.05) is 13.0 Å². The Morgan fingerprint density at radius 1 is 1.14 bits per heavy atom. The maximum absolute atomic E-state index is 4.61. The summed E-state index contributed by atoms with van der Waals surface area (Å²) in [5.41, 5.74) is 6.07. The van der Waals surface area contributed by atoms with Crippen LogP contribution < -0.4 is 0 Å². The Kier molecular flexibility index (Phi) is 4.25. The number of hydrogen-bond donors (Lipinski definition) is 0. The summed E-state index contributed by atoms with van der Waals surface area (Å²) in [6.45, 7) is 7.24. The van der Waals surface area contributed by atoms with Crippen LogP contribution in [0, 0.1) is 6.92 Å². The third-order valence-corrected chi connectivity index (χ3v) is 4.13. The molecule has 0 bridgehead atoms. The molecule has 1 aliphatic heterocycles. The molecule has 3 rings (SSSR count). The maximum atomic E-state index is 4.61. The molecule has 0 spiro atoms. The van der Waals surface area contributed by atoms with E-state index in [9.17, 15) is 0 Å². The lowest BCUT2D eigenvalue weighted by molar-refractivity contribution is 0.275. The van der Waals surface area contributed by atoms with Gasteiger partial charge in [0, 0.05) is 43.1 Å². The SMILES string of the molecule is CCc1ncnc2c1CCN(Cc1cccc(C)n1)CC2. The molecule has 0 atom stereocenters. The number of nitrogens with zero attached hydrogens (tertiary/aromatic N) is 4. The molecule has 0 saturated carbocycles. The fraction of sp³-hybridized carbons (Fsp3) is 0.471. The van der Waals surface area contributed by atoms with E-state index in [1.54, 1.807) is 6.33 Å². The Balaban J connectivity index is 1.73. The minimum absolute atomic E-state index is 0.921. The lowest BCUT2D eigenvalue weighted by Crippen LogP contribution is -2.26. The van der Waals surface area contributed by atoms with Gasteiger partial charge in [0.25, 0.3) is 0 Å². The number of aromatic nitrogens is 3. The van der Waals surface area contributed by atoms with Gasteiger partial charge in [-0.25, -0.2) is 9.97 Å². The van der Waals surface area contributed by atoms with E-state index < -0.39 is 0 Å². The molecule has 0 unspecified atom stereocenters. The van der Waals surface area contributed by atoms with Gasteiger partial charge >= 0.3 is 0 Å². The van der Waals surface area contributed by atoms with Gasteiger partial charge in [-0.2, -0.15) is 0 Å². The van der Waals surface area contributed by atoms with E-state index in [0.717, 1.165) is 50.3 Å². The fourth-order valence-corrected chi connectivity index (χ4v) is 3.02. The van der Waals surface area contributed by atoms with Gasteiger partial charge in [-0.15, -0.1) is 0 Å². The minimum atomic E-state index is 0.921. The largest absolute Gasteiger partial charge is 0.297 e. The van der Waals surface area contributed by atoms with Crippen molar-refractivity contribution in [1.29, 1.82) is 0 Å². The van der Waals surface area contributed by atoms with Crippen LogP contribution in [0.1, 0.15) is 35.3 Å². The third kappa shape index (κ3) is 3.27. The zero-order valence-corrected chi connectivity index (χ0v) is 12.8. The highest BCUT2D eigenvalue weighted by Gasteiger charge is 2.18. The second kappa shape index (κ2) is 6.31. The molecule has 21 heavy (non-hydrogen) atoms. The van der Waals surface area contributed by atoms with E-state index in [-0.39, 0.29) is 0 Å². The first-order chi connectivity index (χ1) is 10.3. The van der Waals surface area contributed by atoms with Gasteiger partial charge in [0.15, 0.2) is 0 Å². The van der Waals surface area contributed by atoms with Gasteiger partial charge in [-0.3, -0.25) is 9.88 Å². The summed E-state index contributed by atoms with van der Waals surface area (Å²) in [7, 11) is 0. The van der Waals surface area contributed by atoms with Gasteiger partial charge in [0.05, 0.1) is 5.69 Å². The first kappa shape index (κ1) is 14.1. The monoisotopic (exact) mass is 282 g/mol. The summed E-state index contributed by atoms with van der Waals surface area (Å²) in [5.74, 6) is 0. The van der Waals surface area contributed by atoms with E-state index in [1.165, 1.54) is 17.0 Å². The predicted molar refractivity (Wildman–Crippen MR) is 83.1 cm³/mol.